The van der Waals surface area contributed by atoms with Crippen molar-refractivity contribution < 1.29 is 0 Å². The second-order valence-electron chi connectivity index (χ2n) is 3.73. The van der Waals surface area contributed by atoms with Gasteiger partial charge in [-0.25, -0.2) is 0 Å². The number of aryl methyl sites for hydroxylation is 1. The van der Waals surface area contributed by atoms with E-state index in [4.69, 9.17) is 5.73 Å². The molecule has 0 aliphatic carbocycles. The van der Waals surface area contributed by atoms with Crippen molar-refractivity contribution in [3.05, 3.63) is 42.1 Å². The molecule has 0 fully saturated rings. The number of hydrogen-bond donors (Lipinski definition) is 1. The van der Waals surface area contributed by atoms with Crippen LogP contribution in [0.3, 0.4) is 0 Å². The maximum absolute atomic E-state index is 5.49. The molecule has 1 heterocycles. The minimum absolute atomic E-state index is 0.781. The Labute approximate surface area is 90.1 Å². The predicted molar refractivity (Wildman–Crippen MR) is 63.7 cm³/mol. The van der Waals surface area contributed by atoms with Crippen LogP contribution >= 0.6 is 0 Å². The Kier molecular flexibility index (Phi) is 3.30. The number of aromatic nitrogens is 1. The molecule has 0 aliphatic rings. The molecule has 2 N–H and O–H groups in total. The molecule has 0 bridgehead atoms. The molecule has 2 aromatic rings. The summed E-state index contributed by atoms with van der Waals surface area (Å²) < 4.78 is 0. The fraction of sp³-hybridized carbons (Fsp3) is 0.308. The summed E-state index contributed by atoms with van der Waals surface area (Å²) in [6.07, 6.45) is 5.24. The highest BCUT2D eigenvalue weighted by Gasteiger charge is 2.00. The Bertz CT molecular complexity index is 432. The average Bonchev–Trinajstić information content (AvgIpc) is 2.30. The van der Waals surface area contributed by atoms with E-state index in [1.807, 2.05) is 12.3 Å². The van der Waals surface area contributed by atoms with E-state index in [9.17, 15) is 0 Å². The molecular formula is C13H16N2. The number of para-hydroxylation sites is 1. The van der Waals surface area contributed by atoms with Crippen LogP contribution in [0.15, 0.2) is 36.5 Å². The number of nitrogens with two attached hydrogens (primary N) is 1. The Morgan fingerprint density at radius 2 is 1.93 bits per heavy atom. The lowest BCUT2D eigenvalue weighted by Crippen LogP contribution is -1.99. The fourth-order valence-corrected chi connectivity index (χ4v) is 1.83. The summed E-state index contributed by atoms with van der Waals surface area (Å²) >= 11 is 0. The second-order valence-corrected chi connectivity index (χ2v) is 3.73. The summed E-state index contributed by atoms with van der Waals surface area (Å²) in [5.74, 6) is 0. The number of fused-ring (bicyclic) bond motifs is 1. The minimum atomic E-state index is 0.781. The lowest BCUT2D eigenvalue weighted by Gasteiger charge is -2.04. The van der Waals surface area contributed by atoms with Gasteiger partial charge in [0.25, 0.3) is 0 Å². The summed E-state index contributed by atoms with van der Waals surface area (Å²) in [6, 6.07) is 10.4. The van der Waals surface area contributed by atoms with Crippen LogP contribution in [0, 0.1) is 0 Å². The van der Waals surface area contributed by atoms with E-state index in [1.54, 1.807) is 0 Å². The van der Waals surface area contributed by atoms with Crippen molar-refractivity contribution in [1.82, 2.24) is 4.98 Å². The molecule has 2 nitrogen and oxygen atoms in total. The monoisotopic (exact) mass is 200 g/mol. The number of benzene rings is 1. The third-order valence-electron chi connectivity index (χ3n) is 2.64. The van der Waals surface area contributed by atoms with Gasteiger partial charge in [-0.15, -0.1) is 0 Å². The summed E-state index contributed by atoms with van der Waals surface area (Å²) in [7, 11) is 0. The van der Waals surface area contributed by atoms with E-state index in [1.165, 1.54) is 10.9 Å². The Morgan fingerprint density at radius 3 is 2.80 bits per heavy atom. The SMILES string of the molecule is NCCCCc1ccnc2ccccc12. The van der Waals surface area contributed by atoms with E-state index in [0.29, 0.717) is 0 Å². The summed E-state index contributed by atoms with van der Waals surface area (Å²) in [5, 5.41) is 1.28. The van der Waals surface area contributed by atoms with Gasteiger partial charge in [0.15, 0.2) is 0 Å². The Hall–Kier alpha value is -1.41. The molecule has 0 unspecified atom stereocenters. The standard InChI is InChI=1S/C13H16N2/c14-9-4-3-5-11-8-10-15-13-7-2-1-6-12(11)13/h1-2,6-8,10H,3-5,9,14H2. The van der Waals surface area contributed by atoms with Crippen molar-refractivity contribution in [1.29, 1.82) is 0 Å². The molecule has 1 aromatic heterocycles. The molecule has 0 spiro atoms. The third-order valence-corrected chi connectivity index (χ3v) is 2.64. The predicted octanol–water partition coefficient (Wildman–Crippen LogP) is 2.52. The van der Waals surface area contributed by atoms with Gasteiger partial charge in [0, 0.05) is 11.6 Å². The van der Waals surface area contributed by atoms with Crippen molar-refractivity contribution in [2.45, 2.75) is 19.3 Å². The van der Waals surface area contributed by atoms with E-state index in [2.05, 4.69) is 29.2 Å². The first-order chi connectivity index (χ1) is 7.42. The molecule has 0 saturated carbocycles. The third kappa shape index (κ3) is 2.34. The van der Waals surface area contributed by atoms with Crippen LogP contribution in [0.2, 0.25) is 0 Å². The maximum Gasteiger partial charge on any atom is 0.0704 e. The van der Waals surface area contributed by atoms with Gasteiger partial charge in [0.2, 0.25) is 0 Å². The Balaban J connectivity index is 2.26. The second kappa shape index (κ2) is 4.89. The Morgan fingerprint density at radius 1 is 1.07 bits per heavy atom. The van der Waals surface area contributed by atoms with Crippen LogP contribution in [0.25, 0.3) is 10.9 Å². The van der Waals surface area contributed by atoms with E-state index in [0.717, 1.165) is 31.3 Å². The van der Waals surface area contributed by atoms with Crippen molar-refractivity contribution in [3.63, 3.8) is 0 Å². The summed E-state index contributed by atoms with van der Waals surface area (Å²) in [6.45, 7) is 0.781. The smallest absolute Gasteiger partial charge is 0.0704 e. The largest absolute Gasteiger partial charge is 0.330 e. The number of hydrogen-bond acceptors (Lipinski definition) is 2. The number of pyridine rings is 1. The van der Waals surface area contributed by atoms with Gasteiger partial charge in [-0.2, -0.15) is 0 Å². The minimum Gasteiger partial charge on any atom is -0.330 e. The summed E-state index contributed by atoms with van der Waals surface area (Å²) in [4.78, 5) is 4.35. The van der Waals surface area contributed by atoms with Gasteiger partial charge < -0.3 is 5.73 Å². The van der Waals surface area contributed by atoms with Crippen LogP contribution in [0.5, 0.6) is 0 Å². The topological polar surface area (TPSA) is 38.9 Å². The van der Waals surface area contributed by atoms with Crippen molar-refractivity contribution in [2.75, 3.05) is 6.54 Å². The molecule has 78 valence electrons. The van der Waals surface area contributed by atoms with E-state index >= 15 is 0 Å². The van der Waals surface area contributed by atoms with Gasteiger partial charge in [-0.3, -0.25) is 4.98 Å². The highest BCUT2D eigenvalue weighted by Crippen LogP contribution is 2.17. The van der Waals surface area contributed by atoms with Crippen LogP contribution in [0.1, 0.15) is 18.4 Å². The fourth-order valence-electron chi connectivity index (χ4n) is 1.83. The van der Waals surface area contributed by atoms with Crippen LogP contribution in [0.4, 0.5) is 0 Å². The molecule has 0 radical (unpaired) electrons. The summed E-state index contributed by atoms with van der Waals surface area (Å²) in [5.41, 5.74) is 7.96. The zero-order chi connectivity index (χ0) is 10.5. The lowest BCUT2D eigenvalue weighted by molar-refractivity contribution is 0.747. The van der Waals surface area contributed by atoms with Crippen molar-refractivity contribution >= 4 is 10.9 Å². The first-order valence-electron chi connectivity index (χ1n) is 5.44. The van der Waals surface area contributed by atoms with Crippen LogP contribution < -0.4 is 5.73 Å². The van der Waals surface area contributed by atoms with Gasteiger partial charge in [0.05, 0.1) is 5.52 Å². The highest BCUT2D eigenvalue weighted by molar-refractivity contribution is 5.81. The van der Waals surface area contributed by atoms with Crippen LogP contribution in [-0.4, -0.2) is 11.5 Å². The lowest BCUT2D eigenvalue weighted by atomic mass is 10.0. The molecule has 0 amide bonds. The quantitative estimate of drug-likeness (QED) is 0.770. The average molecular weight is 200 g/mol. The molecular weight excluding hydrogens is 184 g/mol. The molecule has 0 saturated heterocycles. The maximum atomic E-state index is 5.49. The zero-order valence-electron chi connectivity index (χ0n) is 8.82. The van der Waals surface area contributed by atoms with E-state index in [-0.39, 0.29) is 0 Å². The van der Waals surface area contributed by atoms with Gasteiger partial charge in [-0.05, 0) is 43.5 Å². The molecule has 1 aromatic carbocycles. The molecule has 2 rings (SSSR count). The molecule has 2 heteroatoms. The van der Waals surface area contributed by atoms with Crippen LogP contribution in [-0.2, 0) is 6.42 Å². The molecule has 0 atom stereocenters. The van der Waals surface area contributed by atoms with E-state index < -0.39 is 0 Å². The molecule has 15 heavy (non-hydrogen) atoms. The zero-order valence-corrected chi connectivity index (χ0v) is 8.82. The highest BCUT2D eigenvalue weighted by atomic mass is 14.6. The normalized spacial score (nSPS) is 10.7. The first kappa shape index (κ1) is 10.1. The van der Waals surface area contributed by atoms with Gasteiger partial charge in [-0.1, -0.05) is 18.2 Å². The van der Waals surface area contributed by atoms with Gasteiger partial charge in [0.1, 0.15) is 0 Å². The number of unbranched alkanes of at least 4 members (excludes halogenated alkanes) is 1. The first-order valence-corrected chi connectivity index (χ1v) is 5.44. The van der Waals surface area contributed by atoms with Crippen molar-refractivity contribution in [2.24, 2.45) is 5.73 Å². The van der Waals surface area contributed by atoms with Crippen molar-refractivity contribution in [3.8, 4) is 0 Å². The van der Waals surface area contributed by atoms with Gasteiger partial charge >= 0.3 is 0 Å². The number of rotatable bonds is 4. The molecule has 0 aliphatic heterocycles. The number of nitrogens with zero attached hydrogens (tertiary/aromatic N) is 1.